The third-order valence-electron chi connectivity index (χ3n) is 2.37. The number of furan rings is 1. The van der Waals surface area contributed by atoms with E-state index in [1.54, 1.807) is 0 Å². The predicted octanol–water partition coefficient (Wildman–Crippen LogP) is 4.02. The lowest BCUT2D eigenvalue weighted by Gasteiger charge is -2.18. The minimum absolute atomic E-state index is 0.183. The molecule has 0 fully saturated rings. The topological polar surface area (TPSA) is 13.1 Å². The van der Waals surface area contributed by atoms with E-state index in [2.05, 4.69) is 45.5 Å². The molecule has 0 aliphatic rings. The molecule has 74 valence electrons. The summed E-state index contributed by atoms with van der Waals surface area (Å²) in [6.07, 6.45) is 0. The van der Waals surface area contributed by atoms with E-state index in [-0.39, 0.29) is 5.41 Å². The van der Waals surface area contributed by atoms with Crippen LogP contribution in [0.15, 0.2) is 33.8 Å². The van der Waals surface area contributed by atoms with Gasteiger partial charge in [-0.1, -0.05) is 26.8 Å². The maximum Gasteiger partial charge on any atom is 0.158 e. The Morgan fingerprint density at radius 1 is 1.14 bits per heavy atom. The molecule has 1 heterocycles. The van der Waals surface area contributed by atoms with Crippen LogP contribution in [0.2, 0.25) is 0 Å². The van der Waals surface area contributed by atoms with Crippen LogP contribution in [0.25, 0.3) is 11.0 Å². The molecule has 0 N–H and O–H groups in total. The maximum absolute atomic E-state index is 5.40. The average Bonchev–Trinajstić information content (AvgIpc) is 2.41. The Labute approximate surface area is 89.5 Å². The Hall–Kier alpha value is -0.890. The molecule has 14 heavy (non-hydrogen) atoms. The van der Waals surface area contributed by atoms with Gasteiger partial charge in [0.15, 0.2) is 5.09 Å². The minimum atomic E-state index is 0.183. The predicted molar refractivity (Wildman–Crippen MR) is 62.2 cm³/mol. The van der Waals surface area contributed by atoms with Crippen molar-refractivity contribution in [3.8, 4) is 0 Å². The van der Waals surface area contributed by atoms with Gasteiger partial charge >= 0.3 is 0 Å². The molecule has 0 unspecified atom stereocenters. The molecule has 0 bridgehead atoms. The average molecular weight is 206 g/mol. The molecule has 2 rings (SSSR count). The Morgan fingerprint density at radius 2 is 1.86 bits per heavy atom. The molecular formula is C12H14OS. The SMILES string of the molecule is CC(C)(C)c1ccc2oc(S)cc2c1. The molecule has 0 aliphatic heterocycles. The van der Waals surface area contributed by atoms with Crippen molar-refractivity contribution in [1.82, 2.24) is 0 Å². The van der Waals surface area contributed by atoms with Crippen molar-refractivity contribution in [3.05, 3.63) is 29.8 Å². The van der Waals surface area contributed by atoms with Gasteiger partial charge in [-0.2, -0.15) is 0 Å². The second-order valence-corrected chi connectivity index (χ2v) is 5.03. The lowest BCUT2D eigenvalue weighted by atomic mass is 9.86. The van der Waals surface area contributed by atoms with Crippen LogP contribution in [0.5, 0.6) is 0 Å². The first-order valence-corrected chi connectivity index (χ1v) is 5.14. The van der Waals surface area contributed by atoms with E-state index in [0.717, 1.165) is 11.0 Å². The van der Waals surface area contributed by atoms with E-state index in [0.29, 0.717) is 5.09 Å². The summed E-state index contributed by atoms with van der Waals surface area (Å²) in [6.45, 7) is 6.61. The van der Waals surface area contributed by atoms with Gasteiger partial charge < -0.3 is 4.42 Å². The molecule has 1 aromatic heterocycles. The highest BCUT2D eigenvalue weighted by atomic mass is 32.1. The third-order valence-corrected chi connectivity index (χ3v) is 2.59. The van der Waals surface area contributed by atoms with Crippen molar-refractivity contribution in [1.29, 1.82) is 0 Å². The summed E-state index contributed by atoms with van der Waals surface area (Å²) < 4.78 is 5.40. The number of benzene rings is 1. The second kappa shape index (κ2) is 3.06. The molecule has 2 aromatic rings. The van der Waals surface area contributed by atoms with Gasteiger partial charge in [-0.15, -0.1) is 12.6 Å². The maximum atomic E-state index is 5.40. The smallest absolute Gasteiger partial charge is 0.158 e. The summed E-state index contributed by atoms with van der Waals surface area (Å²) in [7, 11) is 0. The van der Waals surface area contributed by atoms with Crippen molar-refractivity contribution in [2.24, 2.45) is 0 Å². The first-order chi connectivity index (χ1) is 6.47. The highest BCUT2D eigenvalue weighted by Gasteiger charge is 2.14. The summed E-state index contributed by atoms with van der Waals surface area (Å²) in [5, 5.41) is 1.80. The van der Waals surface area contributed by atoms with Crippen LogP contribution in [-0.4, -0.2) is 0 Å². The molecule has 0 saturated heterocycles. The number of rotatable bonds is 0. The van der Waals surface area contributed by atoms with E-state index >= 15 is 0 Å². The van der Waals surface area contributed by atoms with Crippen LogP contribution in [0.1, 0.15) is 26.3 Å². The van der Waals surface area contributed by atoms with Gasteiger partial charge in [0, 0.05) is 5.39 Å². The van der Waals surface area contributed by atoms with Crippen LogP contribution < -0.4 is 0 Å². The number of fused-ring (bicyclic) bond motifs is 1. The largest absolute Gasteiger partial charge is 0.450 e. The van der Waals surface area contributed by atoms with Crippen LogP contribution in [0.3, 0.4) is 0 Å². The Bertz CT molecular complexity index is 463. The van der Waals surface area contributed by atoms with E-state index in [1.807, 2.05) is 12.1 Å². The number of hydrogen-bond acceptors (Lipinski definition) is 2. The summed E-state index contributed by atoms with van der Waals surface area (Å²) in [5.41, 5.74) is 2.41. The number of hydrogen-bond donors (Lipinski definition) is 1. The molecule has 1 nitrogen and oxygen atoms in total. The van der Waals surface area contributed by atoms with Crippen molar-refractivity contribution in [3.63, 3.8) is 0 Å². The van der Waals surface area contributed by atoms with E-state index in [1.165, 1.54) is 5.56 Å². The first-order valence-electron chi connectivity index (χ1n) is 4.70. The molecular weight excluding hydrogens is 192 g/mol. The van der Waals surface area contributed by atoms with Crippen LogP contribution in [0, 0.1) is 0 Å². The Balaban J connectivity index is 2.62. The fourth-order valence-corrected chi connectivity index (χ4v) is 1.73. The van der Waals surface area contributed by atoms with Crippen LogP contribution in [-0.2, 0) is 5.41 Å². The lowest BCUT2D eigenvalue weighted by Crippen LogP contribution is -2.10. The fourth-order valence-electron chi connectivity index (χ4n) is 1.50. The van der Waals surface area contributed by atoms with Gasteiger partial charge in [0.25, 0.3) is 0 Å². The number of thiol groups is 1. The van der Waals surface area contributed by atoms with Crippen molar-refractivity contribution in [2.45, 2.75) is 31.3 Å². The standard InChI is InChI=1S/C12H14OS/c1-12(2,3)9-4-5-10-8(6-9)7-11(14)13-10/h4-7,14H,1-3H3. The van der Waals surface area contributed by atoms with Gasteiger partial charge in [0.05, 0.1) is 0 Å². The highest BCUT2D eigenvalue weighted by Crippen LogP contribution is 2.28. The summed E-state index contributed by atoms with van der Waals surface area (Å²) in [5.74, 6) is 0. The van der Waals surface area contributed by atoms with Crippen molar-refractivity contribution < 1.29 is 4.42 Å². The summed E-state index contributed by atoms with van der Waals surface area (Å²) in [6, 6.07) is 8.24. The minimum Gasteiger partial charge on any atom is -0.450 e. The van der Waals surface area contributed by atoms with Gasteiger partial charge in [0.2, 0.25) is 0 Å². The molecule has 0 radical (unpaired) electrons. The van der Waals surface area contributed by atoms with Crippen molar-refractivity contribution >= 4 is 23.6 Å². The third kappa shape index (κ3) is 1.67. The lowest BCUT2D eigenvalue weighted by molar-refractivity contribution is 0.517. The second-order valence-electron chi connectivity index (χ2n) is 4.59. The molecule has 1 aromatic carbocycles. The Kier molecular flexibility index (Phi) is 2.11. The molecule has 0 aliphatic carbocycles. The fraction of sp³-hybridized carbons (Fsp3) is 0.333. The summed E-state index contributed by atoms with van der Waals surface area (Å²) in [4.78, 5) is 0. The normalized spacial score (nSPS) is 12.3. The first kappa shape index (κ1) is 9.66. The van der Waals surface area contributed by atoms with Gasteiger partial charge in [0.1, 0.15) is 5.58 Å². The molecule has 0 amide bonds. The zero-order valence-electron chi connectivity index (χ0n) is 8.66. The van der Waals surface area contributed by atoms with Crippen LogP contribution in [0.4, 0.5) is 0 Å². The quantitative estimate of drug-likeness (QED) is 0.642. The molecule has 0 spiro atoms. The van der Waals surface area contributed by atoms with Gasteiger partial charge in [-0.25, -0.2) is 0 Å². The van der Waals surface area contributed by atoms with E-state index in [9.17, 15) is 0 Å². The zero-order valence-corrected chi connectivity index (χ0v) is 9.56. The van der Waals surface area contributed by atoms with Crippen molar-refractivity contribution in [2.75, 3.05) is 0 Å². The Morgan fingerprint density at radius 3 is 2.50 bits per heavy atom. The summed E-state index contributed by atoms with van der Waals surface area (Å²) >= 11 is 4.18. The van der Waals surface area contributed by atoms with Gasteiger partial charge in [-0.05, 0) is 29.2 Å². The molecule has 2 heteroatoms. The zero-order chi connectivity index (χ0) is 10.3. The van der Waals surface area contributed by atoms with Gasteiger partial charge in [-0.3, -0.25) is 0 Å². The van der Waals surface area contributed by atoms with E-state index in [4.69, 9.17) is 4.42 Å². The van der Waals surface area contributed by atoms with E-state index < -0.39 is 0 Å². The van der Waals surface area contributed by atoms with Crippen LogP contribution >= 0.6 is 12.6 Å². The highest BCUT2D eigenvalue weighted by molar-refractivity contribution is 7.80. The molecule has 0 atom stereocenters. The molecule has 0 saturated carbocycles. The monoisotopic (exact) mass is 206 g/mol.